The summed E-state index contributed by atoms with van der Waals surface area (Å²) in [5, 5.41) is 3.37. The van der Waals surface area contributed by atoms with E-state index in [2.05, 4.69) is 5.32 Å². The number of amides is 3. The van der Waals surface area contributed by atoms with Gasteiger partial charge in [-0.15, -0.1) is 0 Å². The van der Waals surface area contributed by atoms with Crippen molar-refractivity contribution in [3.8, 4) is 5.75 Å². The quantitative estimate of drug-likeness (QED) is 0.561. The van der Waals surface area contributed by atoms with Crippen LogP contribution in [-0.2, 0) is 9.59 Å². The predicted octanol–water partition coefficient (Wildman–Crippen LogP) is 4.80. The minimum absolute atomic E-state index is 0.130. The van der Waals surface area contributed by atoms with Crippen molar-refractivity contribution in [2.45, 2.75) is 0 Å². The van der Waals surface area contributed by atoms with E-state index in [0.717, 1.165) is 27.8 Å². The van der Waals surface area contributed by atoms with Gasteiger partial charge >= 0.3 is 0 Å². The van der Waals surface area contributed by atoms with Crippen molar-refractivity contribution in [2.24, 2.45) is 0 Å². The van der Waals surface area contributed by atoms with Gasteiger partial charge in [0.05, 0.1) is 17.7 Å². The molecule has 0 bridgehead atoms. The number of methoxy groups -OCH3 is 1. The van der Waals surface area contributed by atoms with E-state index in [0.29, 0.717) is 29.1 Å². The highest BCUT2D eigenvalue weighted by atomic mass is 32.2. The number of ether oxygens (including phenoxy) is 1. The van der Waals surface area contributed by atoms with Crippen LogP contribution in [0.25, 0.3) is 16.8 Å². The molecule has 1 saturated heterocycles. The van der Waals surface area contributed by atoms with Crippen LogP contribution in [0, 0.1) is 11.6 Å². The van der Waals surface area contributed by atoms with Gasteiger partial charge in [-0.1, -0.05) is 30.3 Å². The summed E-state index contributed by atoms with van der Waals surface area (Å²) in [6.45, 7) is -0.606. The van der Waals surface area contributed by atoms with E-state index in [1.165, 1.54) is 7.11 Å². The van der Waals surface area contributed by atoms with Gasteiger partial charge in [0.2, 0.25) is 5.91 Å². The van der Waals surface area contributed by atoms with Gasteiger partial charge in [0, 0.05) is 11.6 Å². The van der Waals surface area contributed by atoms with E-state index in [4.69, 9.17) is 4.74 Å². The molecule has 0 aromatic heterocycles. The van der Waals surface area contributed by atoms with Gasteiger partial charge in [0.1, 0.15) is 23.9 Å². The molecule has 3 amide bonds. The lowest BCUT2D eigenvalue weighted by Gasteiger charge is -2.13. The fourth-order valence-corrected chi connectivity index (χ4v) is 4.11. The molecule has 0 unspecified atom stereocenters. The fraction of sp³-hybridized carbons (Fsp3) is 0.0870. The van der Waals surface area contributed by atoms with Gasteiger partial charge in [-0.05, 0) is 46.8 Å². The van der Waals surface area contributed by atoms with Crippen molar-refractivity contribution in [3.63, 3.8) is 0 Å². The lowest BCUT2D eigenvalue weighted by molar-refractivity contribution is -0.127. The molecule has 0 atom stereocenters. The van der Waals surface area contributed by atoms with E-state index >= 15 is 0 Å². The maximum Gasteiger partial charge on any atom is 0.294 e. The van der Waals surface area contributed by atoms with Crippen LogP contribution in [0.3, 0.4) is 0 Å². The number of nitrogens with one attached hydrogen (secondary N) is 1. The van der Waals surface area contributed by atoms with Crippen LogP contribution in [-0.4, -0.2) is 35.6 Å². The number of halogens is 2. The summed E-state index contributed by atoms with van der Waals surface area (Å²) in [5.41, 5.74) is 0.383. The molecule has 0 saturated carbocycles. The predicted molar refractivity (Wildman–Crippen MR) is 118 cm³/mol. The van der Waals surface area contributed by atoms with Gasteiger partial charge in [0.25, 0.3) is 11.1 Å². The lowest BCUT2D eigenvalue weighted by Crippen LogP contribution is -2.36. The number of carbonyl (C=O) groups is 3. The Bertz CT molecular complexity index is 1290. The second kappa shape index (κ2) is 8.80. The van der Waals surface area contributed by atoms with Gasteiger partial charge < -0.3 is 10.1 Å². The highest BCUT2D eigenvalue weighted by molar-refractivity contribution is 8.18. The Balaban J connectivity index is 1.58. The third-order valence-corrected chi connectivity index (χ3v) is 5.71. The largest absolute Gasteiger partial charge is 0.496 e. The molecule has 3 aromatic carbocycles. The number of carbonyl (C=O) groups excluding carboxylic acids is 3. The first kappa shape index (κ1) is 21.5. The van der Waals surface area contributed by atoms with E-state index in [1.54, 1.807) is 12.1 Å². The monoisotopic (exact) mass is 454 g/mol. The molecular formula is C23H16F2N2O4S. The second-order valence-corrected chi connectivity index (χ2v) is 7.84. The zero-order chi connectivity index (χ0) is 22.8. The van der Waals surface area contributed by atoms with Crippen LogP contribution >= 0.6 is 11.8 Å². The molecule has 9 heteroatoms. The molecule has 6 nitrogen and oxygen atoms in total. The highest BCUT2D eigenvalue weighted by Crippen LogP contribution is 2.36. The van der Waals surface area contributed by atoms with Crippen LogP contribution < -0.4 is 10.1 Å². The molecule has 1 N–H and O–H groups in total. The number of thioether (sulfide) groups is 1. The van der Waals surface area contributed by atoms with Crippen LogP contribution in [0.5, 0.6) is 5.75 Å². The van der Waals surface area contributed by atoms with Crippen molar-refractivity contribution < 1.29 is 27.9 Å². The van der Waals surface area contributed by atoms with Crippen LogP contribution in [0.2, 0.25) is 0 Å². The number of imide groups is 1. The Labute approximate surface area is 185 Å². The third-order valence-electron chi connectivity index (χ3n) is 4.81. The Morgan fingerprint density at radius 1 is 1.12 bits per heavy atom. The SMILES string of the molecule is COc1ccc2ccccc2c1C=C1SC(=O)N(CC(=O)Nc2ccc(F)cc2F)C1=O. The number of anilines is 1. The van der Waals surface area contributed by atoms with Crippen molar-refractivity contribution >= 4 is 51.4 Å². The minimum Gasteiger partial charge on any atom is -0.496 e. The third kappa shape index (κ3) is 4.19. The zero-order valence-corrected chi connectivity index (χ0v) is 17.5. The Morgan fingerprint density at radius 3 is 2.66 bits per heavy atom. The molecule has 162 valence electrons. The highest BCUT2D eigenvalue weighted by Gasteiger charge is 2.36. The number of rotatable bonds is 5. The number of hydrogen-bond donors (Lipinski definition) is 1. The molecule has 3 aromatic rings. The summed E-state index contributed by atoms with van der Waals surface area (Å²) in [5.74, 6) is -2.66. The Kier molecular flexibility index (Phi) is 5.91. The van der Waals surface area contributed by atoms with Gasteiger partial charge in [-0.25, -0.2) is 8.78 Å². The van der Waals surface area contributed by atoms with Gasteiger partial charge in [0.15, 0.2) is 0 Å². The topological polar surface area (TPSA) is 75.7 Å². The summed E-state index contributed by atoms with van der Waals surface area (Å²) < 4.78 is 32.2. The average Bonchev–Trinajstić information content (AvgIpc) is 3.03. The Hall–Kier alpha value is -3.72. The summed E-state index contributed by atoms with van der Waals surface area (Å²) in [7, 11) is 1.51. The molecular weight excluding hydrogens is 438 g/mol. The first-order chi connectivity index (χ1) is 15.4. The fourth-order valence-electron chi connectivity index (χ4n) is 3.29. The van der Waals surface area contributed by atoms with Gasteiger partial charge in [-0.2, -0.15) is 0 Å². The van der Waals surface area contributed by atoms with E-state index in [-0.39, 0.29) is 10.6 Å². The second-order valence-electron chi connectivity index (χ2n) is 6.84. The smallest absolute Gasteiger partial charge is 0.294 e. The molecule has 1 aliphatic rings. The molecule has 1 heterocycles. The summed E-state index contributed by atoms with van der Waals surface area (Å²) in [4.78, 5) is 38.4. The number of nitrogens with zero attached hydrogens (tertiary/aromatic N) is 1. The van der Waals surface area contributed by atoms with Crippen molar-refractivity contribution in [1.29, 1.82) is 0 Å². The number of fused-ring (bicyclic) bond motifs is 1. The standard InChI is InChI=1S/C23H16F2N2O4S/c1-31-19-9-6-13-4-2-3-5-15(13)16(19)11-20-22(29)27(23(30)32-20)12-21(28)26-18-8-7-14(24)10-17(18)25/h2-11H,12H2,1H3,(H,26,28). The number of hydrogen-bond acceptors (Lipinski definition) is 5. The number of benzene rings is 3. The maximum atomic E-state index is 13.8. The summed E-state index contributed by atoms with van der Waals surface area (Å²) >= 11 is 0.697. The molecule has 4 rings (SSSR count). The molecule has 0 spiro atoms. The first-order valence-corrected chi connectivity index (χ1v) is 10.2. The average molecular weight is 454 g/mol. The van der Waals surface area contributed by atoms with Gasteiger partial charge in [-0.3, -0.25) is 19.3 Å². The van der Waals surface area contributed by atoms with E-state index in [1.807, 2.05) is 30.3 Å². The molecule has 0 radical (unpaired) electrons. The molecule has 0 aliphatic carbocycles. The molecule has 1 fully saturated rings. The van der Waals surface area contributed by atoms with Crippen LogP contribution in [0.4, 0.5) is 19.3 Å². The zero-order valence-electron chi connectivity index (χ0n) is 16.7. The first-order valence-electron chi connectivity index (χ1n) is 9.43. The van der Waals surface area contributed by atoms with Crippen molar-refractivity contribution in [2.75, 3.05) is 19.0 Å². The van der Waals surface area contributed by atoms with E-state index < -0.39 is 35.2 Å². The minimum atomic E-state index is -0.963. The van der Waals surface area contributed by atoms with Crippen LogP contribution in [0.15, 0.2) is 59.5 Å². The maximum absolute atomic E-state index is 13.8. The molecule has 32 heavy (non-hydrogen) atoms. The lowest BCUT2D eigenvalue weighted by atomic mass is 10.0. The summed E-state index contributed by atoms with van der Waals surface area (Å²) in [6.07, 6.45) is 1.56. The normalized spacial score (nSPS) is 15.0. The summed E-state index contributed by atoms with van der Waals surface area (Å²) in [6, 6.07) is 13.8. The van der Waals surface area contributed by atoms with Crippen LogP contribution in [0.1, 0.15) is 5.56 Å². The van der Waals surface area contributed by atoms with E-state index in [9.17, 15) is 23.2 Å². The molecule has 1 aliphatic heterocycles. The van der Waals surface area contributed by atoms with Crippen molar-refractivity contribution in [1.82, 2.24) is 4.90 Å². The Morgan fingerprint density at radius 2 is 1.91 bits per heavy atom. The van der Waals surface area contributed by atoms with Crippen molar-refractivity contribution in [3.05, 3.63) is 76.7 Å².